The maximum Gasteiger partial charge on any atom is 0.164 e. The summed E-state index contributed by atoms with van der Waals surface area (Å²) in [6, 6.07) is 77.5. The van der Waals surface area contributed by atoms with Crippen LogP contribution in [0.5, 0.6) is 0 Å². The monoisotopic (exact) mass is 808 g/mol. The molecule has 0 amide bonds. The van der Waals surface area contributed by atoms with Crippen LogP contribution >= 0.6 is 11.3 Å². The van der Waals surface area contributed by atoms with Crippen LogP contribution in [0.3, 0.4) is 0 Å². The molecule has 0 aliphatic rings. The minimum atomic E-state index is 0.609. The molecule has 0 saturated heterocycles. The fourth-order valence-corrected chi connectivity index (χ4v) is 10.2. The van der Waals surface area contributed by atoms with Crippen molar-refractivity contribution in [3.05, 3.63) is 218 Å². The molecule has 0 N–H and O–H groups in total. The van der Waals surface area contributed by atoms with E-state index >= 15 is 0 Å². The molecule has 0 atom stereocenters. The van der Waals surface area contributed by atoms with Crippen molar-refractivity contribution >= 4 is 53.3 Å². The molecular formula is C57H36N4S. The van der Waals surface area contributed by atoms with Crippen molar-refractivity contribution in [3.8, 4) is 73.2 Å². The number of fused-ring (bicyclic) bond motifs is 6. The summed E-state index contributed by atoms with van der Waals surface area (Å²) in [4.78, 5) is 15.6. The number of rotatable bonds is 7. The number of hydrogen-bond acceptors (Lipinski definition) is 4. The Morgan fingerprint density at radius 3 is 1.63 bits per heavy atom. The lowest BCUT2D eigenvalue weighted by Gasteiger charge is -2.16. The summed E-state index contributed by atoms with van der Waals surface area (Å²) in [6.07, 6.45) is 0. The van der Waals surface area contributed by atoms with Gasteiger partial charge in [-0.3, -0.25) is 0 Å². The molecule has 62 heavy (non-hydrogen) atoms. The summed E-state index contributed by atoms with van der Waals surface area (Å²) >= 11 is 1.87. The minimum absolute atomic E-state index is 0.609. The van der Waals surface area contributed by atoms with Crippen LogP contribution in [-0.4, -0.2) is 19.5 Å². The quantitative estimate of drug-likeness (QED) is 0.161. The standard InChI is InChI=1S/C57H36N4S/c1-4-16-37(17-5-1)40-22-14-23-41(34-40)44-33-31-43(36-50(44)57-59-55(38-18-6-2-7-19-38)58-56(60-57)39-20-8-3-9-21-39)61-51-28-12-10-24-46(51)47-32-30-42(35-52(47)61)45-26-15-27-49-48-25-11-13-29-53(48)62-54(45)49/h1-36H. The first-order valence-corrected chi connectivity index (χ1v) is 21.7. The molecular weight excluding hydrogens is 773 g/mol. The van der Waals surface area contributed by atoms with E-state index in [1.165, 1.54) is 42.1 Å². The summed E-state index contributed by atoms with van der Waals surface area (Å²) in [5.74, 6) is 1.86. The van der Waals surface area contributed by atoms with Crippen LogP contribution in [0.2, 0.25) is 0 Å². The van der Waals surface area contributed by atoms with Crippen LogP contribution in [0, 0.1) is 0 Å². The van der Waals surface area contributed by atoms with Gasteiger partial charge in [-0.05, 0) is 69.8 Å². The number of benzene rings is 9. The highest BCUT2D eigenvalue weighted by Gasteiger charge is 2.20. The van der Waals surface area contributed by atoms with E-state index in [9.17, 15) is 0 Å². The zero-order chi connectivity index (χ0) is 41.0. The van der Waals surface area contributed by atoms with Gasteiger partial charge in [0.2, 0.25) is 0 Å². The third-order valence-electron chi connectivity index (χ3n) is 11.9. The second-order valence-corrected chi connectivity index (χ2v) is 16.6. The van der Waals surface area contributed by atoms with Crippen LogP contribution in [0.15, 0.2) is 218 Å². The molecule has 290 valence electrons. The topological polar surface area (TPSA) is 43.6 Å². The highest BCUT2D eigenvalue weighted by molar-refractivity contribution is 7.26. The van der Waals surface area contributed by atoms with Gasteiger partial charge in [0.25, 0.3) is 0 Å². The Morgan fingerprint density at radius 1 is 0.306 bits per heavy atom. The van der Waals surface area contributed by atoms with Crippen LogP contribution < -0.4 is 0 Å². The molecule has 12 rings (SSSR count). The predicted octanol–water partition coefficient (Wildman–Crippen LogP) is 15.3. The van der Waals surface area contributed by atoms with E-state index in [1.807, 2.05) is 47.7 Å². The molecule has 0 radical (unpaired) electrons. The molecule has 0 aliphatic heterocycles. The molecule has 0 unspecified atom stereocenters. The summed E-state index contributed by atoms with van der Waals surface area (Å²) in [7, 11) is 0. The second kappa shape index (κ2) is 14.9. The first kappa shape index (κ1) is 35.9. The third-order valence-corrected chi connectivity index (χ3v) is 13.1. The van der Waals surface area contributed by atoms with Gasteiger partial charge < -0.3 is 4.57 Å². The SMILES string of the molecule is c1ccc(-c2cccc(-c3ccc(-n4c5ccccc5c5ccc(-c6cccc7c6sc6ccccc67)cc54)cc3-c3nc(-c4ccccc4)nc(-c4ccccc4)n3)c2)cc1. The molecule has 12 aromatic rings. The zero-order valence-electron chi connectivity index (χ0n) is 33.5. The molecule has 0 spiro atoms. The second-order valence-electron chi connectivity index (χ2n) is 15.6. The van der Waals surface area contributed by atoms with Gasteiger partial charge in [0.05, 0.1) is 11.0 Å². The molecule has 0 saturated carbocycles. The Labute approximate surface area is 362 Å². The molecule has 5 heteroatoms. The van der Waals surface area contributed by atoms with Crippen molar-refractivity contribution in [2.45, 2.75) is 0 Å². The van der Waals surface area contributed by atoms with Crippen molar-refractivity contribution in [2.75, 3.05) is 0 Å². The molecule has 0 fully saturated rings. The molecule has 0 bridgehead atoms. The van der Waals surface area contributed by atoms with Gasteiger partial charge in [-0.2, -0.15) is 0 Å². The van der Waals surface area contributed by atoms with Gasteiger partial charge in [0.1, 0.15) is 0 Å². The lowest BCUT2D eigenvalue weighted by Crippen LogP contribution is -2.02. The van der Waals surface area contributed by atoms with E-state index in [4.69, 9.17) is 15.0 Å². The lowest BCUT2D eigenvalue weighted by molar-refractivity contribution is 1.07. The fourth-order valence-electron chi connectivity index (χ4n) is 8.92. The zero-order valence-corrected chi connectivity index (χ0v) is 34.3. The number of thiophene rings is 1. The molecule has 9 aromatic carbocycles. The molecule has 4 nitrogen and oxygen atoms in total. The van der Waals surface area contributed by atoms with Crippen molar-refractivity contribution in [1.82, 2.24) is 19.5 Å². The third kappa shape index (κ3) is 6.18. The lowest BCUT2D eigenvalue weighted by atomic mass is 9.95. The van der Waals surface area contributed by atoms with E-state index < -0.39 is 0 Å². The van der Waals surface area contributed by atoms with Gasteiger partial charge >= 0.3 is 0 Å². The summed E-state index contributed by atoms with van der Waals surface area (Å²) in [6.45, 7) is 0. The van der Waals surface area contributed by atoms with Gasteiger partial charge in [-0.15, -0.1) is 11.3 Å². The van der Waals surface area contributed by atoms with Crippen molar-refractivity contribution < 1.29 is 0 Å². The molecule has 3 heterocycles. The number of para-hydroxylation sites is 1. The Balaban J connectivity index is 1.11. The van der Waals surface area contributed by atoms with Crippen LogP contribution in [0.25, 0.3) is 115 Å². The van der Waals surface area contributed by atoms with Crippen LogP contribution in [0.1, 0.15) is 0 Å². The van der Waals surface area contributed by atoms with Crippen molar-refractivity contribution in [3.63, 3.8) is 0 Å². The number of aromatic nitrogens is 4. The maximum atomic E-state index is 5.28. The molecule has 3 aromatic heterocycles. The van der Waals surface area contributed by atoms with E-state index in [0.717, 1.165) is 55.7 Å². The highest BCUT2D eigenvalue weighted by atomic mass is 32.1. The summed E-state index contributed by atoms with van der Waals surface area (Å²) < 4.78 is 5.01. The van der Waals surface area contributed by atoms with Crippen LogP contribution in [0.4, 0.5) is 0 Å². The Hall–Kier alpha value is -7.99. The predicted molar refractivity (Wildman–Crippen MR) is 260 cm³/mol. The van der Waals surface area contributed by atoms with E-state index in [2.05, 4.69) is 187 Å². The Kier molecular flexibility index (Phi) is 8.65. The minimum Gasteiger partial charge on any atom is -0.309 e. The Morgan fingerprint density at radius 2 is 0.871 bits per heavy atom. The largest absolute Gasteiger partial charge is 0.309 e. The average molecular weight is 809 g/mol. The van der Waals surface area contributed by atoms with Gasteiger partial charge in [0, 0.05) is 53.3 Å². The average Bonchev–Trinajstić information content (AvgIpc) is 3.90. The van der Waals surface area contributed by atoms with Crippen LogP contribution in [-0.2, 0) is 0 Å². The molecule has 0 aliphatic carbocycles. The number of hydrogen-bond donors (Lipinski definition) is 0. The summed E-state index contributed by atoms with van der Waals surface area (Å²) in [5, 5.41) is 5.00. The maximum absolute atomic E-state index is 5.28. The highest BCUT2D eigenvalue weighted by Crippen LogP contribution is 2.43. The normalized spacial score (nSPS) is 11.5. The smallest absolute Gasteiger partial charge is 0.164 e. The van der Waals surface area contributed by atoms with Gasteiger partial charge in [0.15, 0.2) is 17.5 Å². The van der Waals surface area contributed by atoms with E-state index in [0.29, 0.717) is 17.5 Å². The van der Waals surface area contributed by atoms with Crippen molar-refractivity contribution in [2.24, 2.45) is 0 Å². The van der Waals surface area contributed by atoms with E-state index in [-0.39, 0.29) is 0 Å². The Bertz CT molecular complexity index is 3570. The first-order chi connectivity index (χ1) is 30.7. The summed E-state index contributed by atoms with van der Waals surface area (Å²) in [5.41, 5.74) is 12.9. The fraction of sp³-hybridized carbons (Fsp3) is 0. The first-order valence-electron chi connectivity index (χ1n) is 20.8. The number of nitrogens with zero attached hydrogens (tertiary/aromatic N) is 4. The van der Waals surface area contributed by atoms with E-state index in [1.54, 1.807) is 0 Å². The van der Waals surface area contributed by atoms with Gasteiger partial charge in [-0.1, -0.05) is 182 Å². The van der Waals surface area contributed by atoms with Crippen molar-refractivity contribution in [1.29, 1.82) is 0 Å². The van der Waals surface area contributed by atoms with Gasteiger partial charge in [-0.25, -0.2) is 15.0 Å².